The number of ether oxygens (including phenoxy) is 3. The normalized spacial score (nSPS) is 32.9. The molecule has 2 bridgehead atoms. The molecule has 4 N–H and O–H groups in total. The van der Waals surface area contributed by atoms with Gasteiger partial charge in [0.2, 0.25) is 5.79 Å². The van der Waals surface area contributed by atoms with Crippen LogP contribution in [0.15, 0.2) is 48.5 Å². The summed E-state index contributed by atoms with van der Waals surface area (Å²) in [6.45, 7) is 2.28. The van der Waals surface area contributed by atoms with E-state index in [1.807, 2.05) is 49.4 Å². The fourth-order valence-corrected chi connectivity index (χ4v) is 4.37. The molecule has 0 amide bonds. The van der Waals surface area contributed by atoms with Gasteiger partial charge in [0.1, 0.15) is 29.7 Å². The average Bonchev–Trinajstić information content (AvgIpc) is 3.13. The number of benzene rings is 2. The van der Waals surface area contributed by atoms with Gasteiger partial charge >= 0.3 is 0 Å². The third-order valence-electron chi connectivity index (χ3n) is 5.97. The highest BCUT2D eigenvalue weighted by molar-refractivity contribution is 5.35. The van der Waals surface area contributed by atoms with Gasteiger partial charge in [-0.3, -0.25) is 0 Å². The molecule has 162 valence electrons. The van der Waals surface area contributed by atoms with Crippen molar-refractivity contribution in [1.82, 2.24) is 0 Å². The second kappa shape index (κ2) is 8.26. The van der Waals surface area contributed by atoms with Crippen molar-refractivity contribution in [2.45, 2.75) is 49.5 Å². The minimum absolute atomic E-state index is 0.0357. The van der Waals surface area contributed by atoms with E-state index in [1.165, 1.54) is 0 Å². The molecule has 0 aromatic heterocycles. The van der Waals surface area contributed by atoms with Gasteiger partial charge in [0.25, 0.3) is 0 Å². The Morgan fingerprint density at radius 2 is 1.80 bits per heavy atom. The van der Waals surface area contributed by atoms with Gasteiger partial charge in [0.15, 0.2) is 0 Å². The highest BCUT2D eigenvalue weighted by atomic mass is 16.8. The van der Waals surface area contributed by atoms with E-state index in [4.69, 9.17) is 14.2 Å². The third-order valence-corrected chi connectivity index (χ3v) is 5.97. The maximum absolute atomic E-state index is 10.7. The number of aliphatic hydroxyl groups excluding tert-OH is 4. The number of hydrogen-bond donors (Lipinski definition) is 4. The molecule has 2 heterocycles. The quantitative estimate of drug-likeness (QED) is 0.535. The topological polar surface area (TPSA) is 109 Å². The first-order valence-electron chi connectivity index (χ1n) is 10.2. The monoisotopic (exact) mass is 416 g/mol. The molecule has 2 saturated heterocycles. The molecule has 2 aromatic rings. The number of rotatable bonds is 7. The van der Waals surface area contributed by atoms with Crippen molar-refractivity contribution in [2.75, 3.05) is 19.8 Å². The first kappa shape index (κ1) is 21.2. The fourth-order valence-electron chi connectivity index (χ4n) is 4.37. The third kappa shape index (κ3) is 3.51. The van der Waals surface area contributed by atoms with Crippen molar-refractivity contribution in [3.8, 4) is 5.75 Å². The molecule has 2 aromatic carbocycles. The summed E-state index contributed by atoms with van der Waals surface area (Å²) in [4.78, 5) is 0. The Morgan fingerprint density at radius 1 is 1.03 bits per heavy atom. The van der Waals surface area contributed by atoms with E-state index >= 15 is 0 Å². The van der Waals surface area contributed by atoms with Crippen LogP contribution in [0.4, 0.5) is 0 Å². The molecule has 0 radical (unpaired) electrons. The molecule has 0 aliphatic carbocycles. The molecule has 4 rings (SSSR count). The molecule has 30 heavy (non-hydrogen) atoms. The average molecular weight is 416 g/mol. The van der Waals surface area contributed by atoms with Crippen molar-refractivity contribution < 1.29 is 34.6 Å². The summed E-state index contributed by atoms with van der Waals surface area (Å²) in [6, 6.07) is 15.3. The smallest absolute Gasteiger partial charge is 0.225 e. The van der Waals surface area contributed by atoms with Gasteiger partial charge in [-0.25, -0.2) is 0 Å². The summed E-state index contributed by atoms with van der Waals surface area (Å²) in [5.41, 5.74) is 1.36. The fraction of sp³-hybridized carbons (Fsp3) is 0.478. The molecule has 0 saturated carbocycles. The standard InChI is InChI=1S/C23H28O7/c1-2-28-18-8-6-15(7-9-18)12-16-4-3-5-17(13-16)23-21(27)19(25)20(26)22(30-23,10-11-24)14-29-23/h3-9,13,19-21,24-27H,2,10-12,14H2,1H3/t19-,20-,21+,22+,23-/m0/s1. The van der Waals surface area contributed by atoms with Gasteiger partial charge in [0, 0.05) is 18.6 Å². The maximum atomic E-state index is 10.7. The zero-order chi connectivity index (χ0) is 21.4. The van der Waals surface area contributed by atoms with Crippen LogP contribution < -0.4 is 4.74 Å². The van der Waals surface area contributed by atoms with Crippen LogP contribution in [0.5, 0.6) is 5.75 Å². The molecule has 7 heteroatoms. The first-order chi connectivity index (χ1) is 14.4. The molecule has 0 spiro atoms. The minimum atomic E-state index is -1.59. The Kier molecular flexibility index (Phi) is 5.85. The van der Waals surface area contributed by atoms with E-state index in [1.54, 1.807) is 6.07 Å². The number of hydrogen-bond acceptors (Lipinski definition) is 7. The molecule has 2 aliphatic heterocycles. The lowest BCUT2D eigenvalue weighted by molar-refractivity contribution is -0.327. The summed E-state index contributed by atoms with van der Waals surface area (Å²) in [5.74, 6) is -0.775. The molecule has 7 nitrogen and oxygen atoms in total. The van der Waals surface area contributed by atoms with Crippen molar-refractivity contribution in [2.24, 2.45) is 0 Å². The van der Waals surface area contributed by atoms with E-state index < -0.39 is 29.7 Å². The first-order valence-corrected chi connectivity index (χ1v) is 10.2. The number of aliphatic hydroxyl groups is 4. The van der Waals surface area contributed by atoms with Crippen LogP contribution in [0.25, 0.3) is 0 Å². The Labute approximate surface area is 175 Å². The largest absolute Gasteiger partial charge is 0.494 e. The molecule has 2 aliphatic rings. The summed E-state index contributed by atoms with van der Waals surface area (Å²) in [6.07, 6.45) is -3.54. The van der Waals surface area contributed by atoms with E-state index in [9.17, 15) is 20.4 Å². The predicted octanol–water partition coefficient (Wildman–Crippen LogP) is 1.09. The van der Waals surface area contributed by atoms with Gasteiger partial charge in [-0.15, -0.1) is 0 Å². The lowest BCUT2D eigenvalue weighted by Gasteiger charge is -2.46. The highest BCUT2D eigenvalue weighted by Gasteiger charge is 2.66. The van der Waals surface area contributed by atoms with Gasteiger partial charge in [-0.2, -0.15) is 0 Å². The molecular weight excluding hydrogens is 388 g/mol. The van der Waals surface area contributed by atoms with Gasteiger partial charge in [-0.1, -0.05) is 30.3 Å². The molecule has 2 fully saturated rings. The van der Waals surface area contributed by atoms with Crippen molar-refractivity contribution >= 4 is 0 Å². The van der Waals surface area contributed by atoms with Crippen LogP contribution in [0.1, 0.15) is 30.0 Å². The van der Waals surface area contributed by atoms with Crippen LogP contribution in [0, 0.1) is 0 Å². The minimum Gasteiger partial charge on any atom is -0.494 e. The lowest BCUT2D eigenvalue weighted by Crippen LogP contribution is -2.64. The van der Waals surface area contributed by atoms with Gasteiger partial charge in [-0.05, 0) is 42.7 Å². The Hall–Kier alpha value is -2.00. The zero-order valence-corrected chi connectivity index (χ0v) is 16.9. The van der Waals surface area contributed by atoms with E-state index in [-0.39, 0.29) is 19.6 Å². The van der Waals surface area contributed by atoms with Crippen LogP contribution in [-0.2, 0) is 21.7 Å². The van der Waals surface area contributed by atoms with E-state index in [2.05, 4.69) is 0 Å². The Morgan fingerprint density at radius 3 is 2.50 bits per heavy atom. The highest BCUT2D eigenvalue weighted by Crippen LogP contribution is 2.50. The van der Waals surface area contributed by atoms with Crippen molar-refractivity contribution in [3.05, 3.63) is 65.2 Å². The molecular formula is C23H28O7. The SMILES string of the molecule is CCOc1ccc(Cc2cccc([C@]34OC[C@@](CCO)(O3)[C@@H](O)[C@H](O)[C@H]4O)c2)cc1. The summed E-state index contributed by atoms with van der Waals surface area (Å²) >= 11 is 0. The van der Waals surface area contributed by atoms with Crippen molar-refractivity contribution in [1.29, 1.82) is 0 Å². The summed E-state index contributed by atoms with van der Waals surface area (Å²) < 4.78 is 17.4. The Bertz CT molecular complexity index is 870. The van der Waals surface area contributed by atoms with E-state index in [0.717, 1.165) is 16.9 Å². The van der Waals surface area contributed by atoms with Gasteiger partial charge < -0.3 is 34.6 Å². The molecule has 0 unspecified atom stereocenters. The van der Waals surface area contributed by atoms with Crippen LogP contribution >= 0.6 is 0 Å². The van der Waals surface area contributed by atoms with Gasteiger partial charge in [0.05, 0.1) is 13.2 Å². The van der Waals surface area contributed by atoms with Crippen LogP contribution in [0.2, 0.25) is 0 Å². The summed E-state index contributed by atoms with van der Waals surface area (Å²) in [5, 5.41) is 41.1. The van der Waals surface area contributed by atoms with Crippen molar-refractivity contribution in [3.63, 3.8) is 0 Å². The second-order valence-corrected chi connectivity index (χ2v) is 7.93. The second-order valence-electron chi connectivity index (χ2n) is 7.93. The molecule has 5 atom stereocenters. The zero-order valence-electron chi connectivity index (χ0n) is 16.9. The number of fused-ring (bicyclic) bond motifs is 2. The predicted molar refractivity (Wildman–Crippen MR) is 108 cm³/mol. The van der Waals surface area contributed by atoms with E-state index in [0.29, 0.717) is 18.6 Å². The van der Waals surface area contributed by atoms with Crippen LogP contribution in [-0.4, -0.2) is 64.2 Å². The Balaban J connectivity index is 1.61. The van der Waals surface area contributed by atoms with Crippen LogP contribution in [0.3, 0.4) is 0 Å². The maximum Gasteiger partial charge on any atom is 0.225 e. The lowest BCUT2D eigenvalue weighted by atomic mass is 9.82. The summed E-state index contributed by atoms with van der Waals surface area (Å²) in [7, 11) is 0.